The Morgan fingerprint density at radius 3 is 1.72 bits per heavy atom. The topological polar surface area (TPSA) is 133 Å². The highest BCUT2D eigenvalue weighted by Crippen LogP contribution is 2.56. The van der Waals surface area contributed by atoms with Crippen LogP contribution in [0.2, 0.25) is 0 Å². The molecule has 2 aliphatic rings. The summed E-state index contributed by atoms with van der Waals surface area (Å²) in [6.45, 7) is -1.61. The van der Waals surface area contributed by atoms with E-state index in [-0.39, 0.29) is 24.3 Å². The van der Waals surface area contributed by atoms with Gasteiger partial charge in [-0.3, -0.25) is 14.1 Å². The quantitative estimate of drug-likeness (QED) is 0.169. The second-order valence-electron chi connectivity index (χ2n) is 8.93. The highest BCUT2D eigenvalue weighted by atomic mass is 32.2. The molecule has 1 saturated carbocycles. The summed E-state index contributed by atoms with van der Waals surface area (Å²) in [5.74, 6) is -6.43. The van der Waals surface area contributed by atoms with Gasteiger partial charge >= 0.3 is 45.6 Å². The summed E-state index contributed by atoms with van der Waals surface area (Å²) < 4.78 is 146. The number of halogens is 8. The highest BCUT2D eigenvalue weighted by Gasteiger charge is 2.58. The zero-order valence-corrected chi connectivity index (χ0v) is 22.1. The second-order valence-corrected chi connectivity index (χ2v) is 13.3. The largest absolute Gasteiger partial charge is 0.465 e. The van der Waals surface area contributed by atoms with E-state index in [1.165, 1.54) is 0 Å². The van der Waals surface area contributed by atoms with Gasteiger partial charge < -0.3 is 14.2 Å². The maximum atomic E-state index is 13.8. The molecule has 0 radical (unpaired) electrons. The fourth-order valence-electron chi connectivity index (χ4n) is 3.60. The number of rotatable bonds is 9. The van der Waals surface area contributed by atoms with Crippen LogP contribution in [-0.2, 0) is 38.7 Å². The first-order chi connectivity index (χ1) is 17.6. The van der Waals surface area contributed by atoms with Crippen molar-refractivity contribution < 1.29 is 76.7 Å². The lowest BCUT2D eigenvalue weighted by Crippen LogP contribution is -2.52. The fourth-order valence-corrected chi connectivity index (χ4v) is 7.60. The molecule has 2 fully saturated rings. The summed E-state index contributed by atoms with van der Waals surface area (Å²) in [5.41, 5.74) is -1.51. The molecule has 0 aromatic heterocycles. The van der Waals surface area contributed by atoms with E-state index in [9.17, 15) is 57.9 Å². The molecule has 39 heavy (non-hydrogen) atoms. The van der Waals surface area contributed by atoms with Gasteiger partial charge in [0, 0.05) is 11.5 Å². The van der Waals surface area contributed by atoms with E-state index in [1.807, 2.05) is 0 Å². The first-order valence-electron chi connectivity index (χ1n) is 10.9. The van der Waals surface area contributed by atoms with E-state index >= 15 is 0 Å². The average Bonchev–Trinajstić information content (AvgIpc) is 2.76. The van der Waals surface area contributed by atoms with Gasteiger partial charge in [0.1, 0.15) is 32.2 Å². The monoisotopic (exact) mass is 642 g/mol. The van der Waals surface area contributed by atoms with Gasteiger partial charge in [0.25, 0.3) is 0 Å². The Morgan fingerprint density at radius 2 is 1.31 bits per heavy atom. The van der Waals surface area contributed by atoms with Gasteiger partial charge in [0.05, 0.1) is 9.49 Å². The average molecular weight is 643 g/mol. The van der Waals surface area contributed by atoms with E-state index in [4.69, 9.17) is 9.29 Å². The minimum atomic E-state index is -6.15. The predicted molar refractivity (Wildman–Crippen MR) is 118 cm³/mol. The molecule has 1 N–H and O–H groups in total. The standard InChI is InChI=1S/C19H22F8O9S3/c20-17(21,22)5-12(28)34-7-15(8-35-13(29)6-18(23,24)25)9-37-16(38-10-15)4-2-1-3-11(16)36-14(30)19(26,27)39(31,32)33/h11H,1-10H2,(H,31,32,33). The van der Waals surface area contributed by atoms with Crippen molar-refractivity contribution in [1.82, 2.24) is 0 Å². The van der Waals surface area contributed by atoms with Crippen LogP contribution in [0.4, 0.5) is 35.1 Å². The van der Waals surface area contributed by atoms with Crippen LogP contribution in [0, 0.1) is 5.41 Å². The van der Waals surface area contributed by atoms with Crippen molar-refractivity contribution in [3.63, 3.8) is 0 Å². The fraction of sp³-hybridized carbons (Fsp3) is 0.842. The molecule has 1 heterocycles. The van der Waals surface area contributed by atoms with E-state index in [0.717, 1.165) is 23.5 Å². The van der Waals surface area contributed by atoms with Crippen LogP contribution in [-0.4, -0.2) is 83.4 Å². The van der Waals surface area contributed by atoms with Crippen LogP contribution >= 0.6 is 23.5 Å². The van der Waals surface area contributed by atoms with Crippen molar-refractivity contribution in [2.45, 2.75) is 66.3 Å². The van der Waals surface area contributed by atoms with Crippen molar-refractivity contribution in [3.8, 4) is 0 Å². The molecule has 0 aromatic rings. The Balaban J connectivity index is 2.20. The van der Waals surface area contributed by atoms with Crippen molar-refractivity contribution >= 4 is 51.5 Å². The maximum Gasteiger partial charge on any atom is 0.465 e. The molecule has 226 valence electrons. The van der Waals surface area contributed by atoms with Crippen molar-refractivity contribution in [2.75, 3.05) is 24.7 Å². The number of carbonyl (C=O) groups excluding carboxylic acids is 3. The third-order valence-corrected chi connectivity index (χ3v) is 10.5. The number of hydrogen-bond donors (Lipinski definition) is 1. The lowest BCUT2D eigenvalue weighted by molar-refractivity contribution is -0.177. The molecule has 1 unspecified atom stereocenters. The number of ether oxygens (including phenoxy) is 3. The molecule has 2 rings (SSSR count). The van der Waals surface area contributed by atoms with Crippen LogP contribution in [0.3, 0.4) is 0 Å². The second kappa shape index (κ2) is 12.1. The zero-order chi connectivity index (χ0) is 29.9. The molecule has 9 nitrogen and oxygen atoms in total. The zero-order valence-electron chi connectivity index (χ0n) is 19.6. The molecule has 1 aliphatic carbocycles. The number of thioether (sulfide) groups is 2. The Morgan fingerprint density at radius 1 is 0.846 bits per heavy atom. The minimum absolute atomic E-state index is 0.0125. The van der Waals surface area contributed by atoms with Crippen LogP contribution < -0.4 is 0 Å². The van der Waals surface area contributed by atoms with Crippen molar-refractivity contribution in [2.24, 2.45) is 5.41 Å². The minimum Gasteiger partial charge on any atom is -0.465 e. The normalized spacial score (nSPS) is 21.7. The van der Waals surface area contributed by atoms with E-state index in [1.54, 1.807) is 0 Å². The number of alkyl halides is 8. The first kappa shape index (κ1) is 33.7. The number of hydrogen-bond acceptors (Lipinski definition) is 10. The van der Waals surface area contributed by atoms with Gasteiger partial charge in [-0.25, -0.2) is 4.79 Å². The van der Waals surface area contributed by atoms with Gasteiger partial charge in [-0.1, -0.05) is 6.42 Å². The lowest BCUT2D eigenvalue weighted by Gasteiger charge is -2.49. The highest BCUT2D eigenvalue weighted by molar-refractivity contribution is 8.19. The Hall–Kier alpha value is -1.54. The number of esters is 3. The Bertz CT molecular complexity index is 988. The summed E-state index contributed by atoms with van der Waals surface area (Å²) in [7, 11) is -6.15. The summed E-state index contributed by atoms with van der Waals surface area (Å²) in [6, 6.07) is 0. The molecular weight excluding hydrogens is 620 g/mol. The molecule has 0 aromatic carbocycles. The van der Waals surface area contributed by atoms with Crippen LogP contribution in [0.5, 0.6) is 0 Å². The molecule has 1 saturated heterocycles. The van der Waals surface area contributed by atoms with Gasteiger partial charge in [-0.15, -0.1) is 23.5 Å². The molecule has 0 amide bonds. The molecule has 1 aliphatic heterocycles. The number of carbonyl (C=O) groups is 3. The lowest BCUT2D eigenvalue weighted by atomic mass is 9.94. The first-order valence-corrected chi connectivity index (χ1v) is 14.3. The summed E-state index contributed by atoms with van der Waals surface area (Å²) in [5, 5.41) is -5.27. The SMILES string of the molecule is O=C(CC(F)(F)F)OCC1(COC(=O)CC(F)(F)F)CSC2(CCCCC2OC(=O)C(F)(F)S(=O)(=O)O)SC1. The Kier molecular flexibility index (Phi) is 10.5. The van der Waals surface area contributed by atoms with Gasteiger partial charge in [-0.2, -0.15) is 43.5 Å². The van der Waals surface area contributed by atoms with Crippen LogP contribution in [0.15, 0.2) is 0 Å². The summed E-state index contributed by atoms with van der Waals surface area (Å²) in [6.07, 6.45) is -14.0. The van der Waals surface area contributed by atoms with Crippen LogP contribution in [0.1, 0.15) is 38.5 Å². The molecule has 0 bridgehead atoms. The van der Waals surface area contributed by atoms with Gasteiger partial charge in [-0.05, 0) is 19.3 Å². The smallest absolute Gasteiger partial charge is 0.465 e. The van der Waals surface area contributed by atoms with E-state index in [2.05, 4.69) is 9.47 Å². The molecular formula is C19H22F8O9S3. The third kappa shape index (κ3) is 9.51. The van der Waals surface area contributed by atoms with Crippen molar-refractivity contribution in [1.29, 1.82) is 0 Å². The summed E-state index contributed by atoms with van der Waals surface area (Å²) >= 11 is 1.79. The van der Waals surface area contributed by atoms with E-state index < -0.39 is 87.3 Å². The van der Waals surface area contributed by atoms with Crippen molar-refractivity contribution in [3.05, 3.63) is 0 Å². The van der Waals surface area contributed by atoms with Gasteiger partial charge in [0.15, 0.2) is 0 Å². The third-order valence-electron chi connectivity index (χ3n) is 5.56. The van der Waals surface area contributed by atoms with Gasteiger partial charge in [0.2, 0.25) is 0 Å². The molecule has 1 atom stereocenters. The maximum absolute atomic E-state index is 13.8. The summed E-state index contributed by atoms with van der Waals surface area (Å²) in [4.78, 5) is 35.1. The van der Waals surface area contributed by atoms with Crippen LogP contribution in [0.25, 0.3) is 0 Å². The Labute approximate surface area is 224 Å². The molecule has 20 heteroatoms. The molecule has 1 spiro atoms. The van der Waals surface area contributed by atoms with E-state index in [0.29, 0.717) is 12.8 Å². The predicted octanol–water partition coefficient (Wildman–Crippen LogP) is 4.11.